The summed E-state index contributed by atoms with van der Waals surface area (Å²) in [4.78, 5) is 25.9. The Labute approximate surface area is 180 Å². The van der Waals surface area contributed by atoms with Gasteiger partial charge in [0.15, 0.2) is 0 Å². The molecule has 1 unspecified atom stereocenters. The van der Waals surface area contributed by atoms with Crippen molar-refractivity contribution in [3.05, 3.63) is 0 Å². The number of hydrogen-bond acceptors (Lipinski definition) is 3. The second-order valence-corrected chi connectivity index (χ2v) is 8.90. The van der Waals surface area contributed by atoms with Gasteiger partial charge in [0.25, 0.3) is 0 Å². The van der Waals surface area contributed by atoms with Gasteiger partial charge in [-0.2, -0.15) is 0 Å². The van der Waals surface area contributed by atoms with Gasteiger partial charge in [-0.3, -0.25) is 9.59 Å². The van der Waals surface area contributed by atoms with Gasteiger partial charge in [0.1, 0.15) is 0 Å². The van der Waals surface area contributed by atoms with Crippen molar-refractivity contribution in [1.82, 2.24) is 4.90 Å². The third-order valence-electron chi connectivity index (χ3n) is 6.30. The molecule has 0 saturated carbocycles. The quantitative estimate of drug-likeness (QED) is 0.199. The van der Waals surface area contributed by atoms with Crippen molar-refractivity contribution in [2.45, 2.75) is 122 Å². The van der Waals surface area contributed by atoms with E-state index >= 15 is 0 Å². The van der Waals surface area contributed by atoms with Crippen LogP contribution in [0, 0.1) is 5.92 Å². The van der Waals surface area contributed by atoms with Gasteiger partial charge >= 0.3 is 5.97 Å². The number of unbranched alkanes of at least 4 members (excludes halogenated alkanes) is 14. The summed E-state index contributed by atoms with van der Waals surface area (Å²) in [6.07, 6.45) is 22.5. The fourth-order valence-corrected chi connectivity index (χ4v) is 4.37. The van der Waals surface area contributed by atoms with Crippen LogP contribution in [-0.2, 0) is 14.3 Å². The third kappa shape index (κ3) is 13.0. The lowest BCUT2D eigenvalue weighted by Crippen LogP contribution is -2.42. The molecule has 0 aliphatic carbocycles. The molecule has 1 aliphatic rings. The van der Waals surface area contributed by atoms with Crippen LogP contribution in [0.5, 0.6) is 0 Å². The lowest BCUT2D eigenvalue weighted by molar-refractivity contribution is -0.149. The molecule has 1 rings (SSSR count). The number of carbonyl (C=O) groups excluding carboxylic acids is 2. The minimum Gasteiger partial charge on any atom is -0.469 e. The predicted octanol–water partition coefficient (Wildman–Crippen LogP) is 6.66. The van der Waals surface area contributed by atoms with E-state index in [2.05, 4.69) is 6.92 Å². The van der Waals surface area contributed by atoms with Crippen molar-refractivity contribution < 1.29 is 14.3 Å². The predicted molar refractivity (Wildman–Crippen MR) is 121 cm³/mol. The molecule has 0 aromatic heterocycles. The molecule has 1 aliphatic heterocycles. The van der Waals surface area contributed by atoms with Crippen LogP contribution in [0.3, 0.4) is 0 Å². The van der Waals surface area contributed by atoms with Gasteiger partial charge < -0.3 is 9.64 Å². The molecular weight excluding hydrogens is 362 g/mol. The van der Waals surface area contributed by atoms with E-state index in [4.69, 9.17) is 4.74 Å². The number of amides is 1. The van der Waals surface area contributed by atoms with Crippen LogP contribution >= 0.6 is 0 Å². The van der Waals surface area contributed by atoms with E-state index in [-0.39, 0.29) is 17.8 Å². The highest BCUT2D eigenvalue weighted by Gasteiger charge is 2.28. The number of esters is 1. The molecule has 0 aromatic carbocycles. The van der Waals surface area contributed by atoms with Crippen LogP contribution < -0.4 is 0 Å². The second kappa shape index (κ2) is 17.8. The highest BCUT2D eigenvalue weighted by Crippen LogP contribution is 2.19. The van der Waals surface area contributed by atoms with Crippen LogP contribution in [0.1, 0.15) is 122 Å². The average Bonchev–Trinajstić information content (AvgIpc) is 2.75. The van der Waals surface area contributed by atoms with Gasteiger partial charge in [0, 0.05) is 19.5 Å². The van der Waals surface area contributed by atoms with Gasteiger partial charge in [-0.25, -0.2) is 0 Å². The van der Waals surface area contributed by atoms with Gasteiger partial charge in [-0.15, -0.1) is 0 Å². The zero-order valence-electron chi connectivity index (χ0n) is 19.4. The Bertz CT molecular complexity index is 424. The first-order valence-corrected chi connectivity index (χ1v) is 12.5. The second-order valence-electron chi connectivity index (χ2n) is 8.90. The molecule has 1 saturated heterocycles. The third-order valence-corrected chi connectivity index (χ3v) is 6.30. The highest BCUT2D eigenvalue weighted by molar-refractivity contribution is 5.78. The van der Waals surface area contributed by atoms with Crippen molar-refractivity contribution in [3.63, 3.8) is 0 Å². The summed E-state index contributed by atoms with van der Waals surface area (Å²) in [5.74, 6) is -0.0819. The largest absolute Gasteiger partial charge is 0.469 e. The van der Waals surface area contributed by atoms with Gasteiger partial charge in [-0.1, -0.05) is 96.8 Å². The molecule has 1 fully saturated rings. The topological polar surface area (TPSA) is 46.6 Å². The maximum atomic E-state index is 12.4. The Morgan fingerprint density at radius 3 is 1.76 bits per heavy atom. The standard InChI is InChI=1S/C25H47NO3/c1-3-4-5-6-7-8-9-10-11-12-13-14-15-16-17-20-24(27)26-21-18-19-23(22-26)25(28)29-2/h23H,3-22H2,1-2H3. The lowest BCUT2D eigenvalue weighted by Gasteiger charge is -2.31. The van der Waals surface area contributed by atoms with E-state index in [0.717, 1.165) is 32.2 Å². The first kappa shape index (κ1) is 26.0. The monoisotopic (exact) mass is 409 g/mol. The van der Waals surface area contributed by atoms with Crippen molar-refractivity contribution >= 4 is 11.9 Å². The summed E-state index contributed by atoms with van der Waals surface area (Å²) in [6.45, 7) is 3.62. The molecule has 1 heterocycles. The zero-order chi connectivity index (χ0) is 21.2. The van der Waals surface area contributed by atoms with E-state index in [1.165, 1.54) is 90.6 Å². The lowest BCUT2D eigenvalue weighted by atomic mass is 9.97. The highest BCUT2D eigenvalue weighted by atomic mass is 16.5. The molecule has 4 heteroatoms. The smallest absolute Gasteiger partial charge is 0.310 e. The first-order chi connectivity index (χ1) is 14.2. The molecule has 4 nitrogen and oxygen atoms in total. The van der Waals surface area contributed by atoms with Crippen LogP contribution in [0.2, 0.25) is 0 Å². The number of nitrogens with zero attached hydrogens (tertiary/aromatic N) is 1. The van der Waals surface area contributed by atoms with Gasteiger partial charge in [0.2, 0.25) is 5.91 Å². The molecule has 0 radical (unpaired) electrons. The van der Waals surface area contributed by atoms with Crippen molar-refractivity contribution in [1.29, 1.82) is 0 Å². The summed E-state index contributed by atoms with van der Waals surface area (Å²) in [5, 5.41) is 0. The molecule has 29 heavy (non-hydrogen) atoms. The molecular formula is C25H47NO3. The number of hydrogen-bond donors (Lipinski definition) is 0. The molecule has 170 valence electrons. The SMILES string of the molecule is CCCCCCCCCCCCCCCCCC(=O)N1CCCC(C(=O)OC)C1. The number of carbonyl (C=O) groups is 2. The Hall–Kier alpha value is -1.06. The number of piperidine rings is 1. The van der Waals surface area contributed by atoms with Gasteiger partial charge in [-0.05, 0) is 19.3 Å². The van der Waals surface area contributed by atoms with Crippen molar-refractivity contribution in [2.75, 3.05) is 20.2 Å². The Kier molecular flexibility index (Phi) is 15.9. The summed E-state index contributed by atoms with van der Waals surface area (Å²) in [7, 11) is 1.43. The van der Waals surface area contributed by atoms with E-state index in [0.29, 0.717) is 13.0 Å². The average molecular weight is 410 g/mol. The number of ether oxygens (including phenoxy) is 1. The van der Waals surface area contributed by atoms with E-state index in [9.17, 15) is 9.59 Å². The Morgan fingerprint density at radius 2 is 1.28 bits per heavy atom. The van der Waals surface area contributed by atoms with E-state index in [1.54, 1.807) is 0 Å². The maximum Gasteiger partial charge on any atom is 0.310 e. The number of rotatable bonds is 17. The van der Waals surface area contributed by atoms with Crippen molar-refractivity contribution in [2.24, 2.45) is 5.92 Å². The number of likely N-dealkylation sites (tertiary alicyclic amines) is 1. The van der Waals surface area contributed by atoms with Gasteiger partial charge in [0.05, 0.1) is 13.0 Å². The van der Waals surface area contributed by atoms with E-state index in [1.807, 2.05) is 4.90 Å². The molecule has 0 aromatic rings. The summed E-state index contributed by atoms with van der Waals surface area (Å²) < 4.78 is 4.83. The Morgan fingerprint density at radius 1 is 0.793 bits per heavy atom. The van der Waals surface area contributed by atoms with Crippen LogP contribution in [0.25, 0.3) is 0 Å². The minimum absolute atomic E-state index is 0.126. The molecule has 0 bridgehead atoms. The molecule has 1 amide bonds. The summed E-state index contributed by atoms with van der Waals surface area (Å²) in [6, 6.07) is 0. The zero-order valence-corrected chi connectivity index (χ0v) is 19.4. The summed E-state index contributed by atoms with van der Waals surface area (Å²) >= 11 is 0. The van der Waals surface area contributed by atoms with Crippen LogP contribution in [0.15, 0.2) is 0 Å². The van der Waals surface area contributed by atoms with Crippen LogP contribution in [0.4, 0.5) is 0 Å². The molecule has 1 atom stereocenters. The number of methoxy groups -OCH3 is 1. The maximum absolute atomic E-state index is 12.4. The fourth-order valence-electron chi connectivity index (χ4n) is 4.37. The normalized spacial score (nSPS) is 16.8. The van der Waals surface area contributed by atoms with Crippen LogP contribution in [-0.4, -0.2) is 37.0 Å². The molecule has 0 spiro atoms. The Balaban J connectivity index is 1.88. The minimum atomic E-state index is -0.172. The fraction of sp³-hybridized carbons (Fsp3) is 0.920. The summed E-state index contributed by atoms with van der Waals surface area (Å²) in [5.41, 5.74) is 0. The van der Waals surface area contributed by atoms with Crippen molar-refractivity contribution in [3.8, 4) is 0 Å². The van der Waals surface area contributed by atoms with E-state index < -0.39 is 0 Å². The molecule has 0 N–H and O–H groups in total. The first-order valence-electron chi connectivity index (χ1n) is 12.5.